The molecule has 4 nitrogen and oxygen atoms in total. The Morgan fingerprint density at radius 2 is 2.00 bits per heavy atom. The van der Waals surface area contributed by atoms with E-state index in [0.717, 1.165) is 25.1 Å². The van der Waals surface area contributed by atoms with Crippen molar-refractivity contribution in [3.63, 3.8) is 0 Å². The molecule has 0 aliphatic carbocycles. The molecule has 0 radical (unpaired) electrons. The third kappa shape index (κ3) is 7.14. The highest BCUT2D eigenvalue weighted by Crippen LogP contribution is 2.27. The summed E-state index contributed by atoms with van der Waals surface area (Å²) in [5.41, 5.74) is 1.16. The predicted molar refractivity (Wildman–Crippen MR) is 86.4 cm³/mol. The first-order valence-corrected chi connectivity index (χ1v) is 7.79. The summed E-state index contributed by atoms with van der Waals surface area (Å²) in [6, 6.07) is 6.18. The van der Waals surface area contributed by atoms with Crippen molar-refractivity contribution in [1.29, 1.82) is 0 Å². The van der Waals surface area contributed by atoms with Gasteiger partial charge in [-0.1, -0.05) is 24.6 Å². The molecule has 0 aliphatic rings. The largest absolute Gasteiger partial charge is 0.490 e. The maximum atomic E-state index is 6.24. The summed E-state index contributed by atoms with van der Waals surface area (Å²) in [5, 5.41) is 3.99. The van der Waals surface area contributed by atoms with Crippen LogP contribution in [0.2, 0.25) is 5.02 Å². The monoisotopic (exact) mass is 315 g/mol. The Balaban J connectivity index is 2.32. The Hall–Kier alpha value is -0.810. The summed E-state index contributed by atoms with van der Waals surface area (Å²) in [6.07, 6.45) is 0.897. The molecule has 5 heteroatoms. The van der Waals surface area contributed by atoms with Crippen LogP contribution in [0.3, 0.4) is 0 Å². The molecule has 1 aromatic carbocycles. The van der Waals surface area contributed by atoms with Crippen LogP contribution >= 0.6 is 11.6 Å². The van der Waals surface area contributed by atoms with Gasteiger partial charge < -0.3 is 19.5 Å². The van der Waals surface area contributed by atoms with Crippen molar-refractivity contribution in [2.24, 2.45) is 0 Å². The van der Waals surface area contributed by atoms with E-state index in [1.54, 1.807) is 7.11 Å². The lowest BCUT2D eigenvalue weighted by molar-refractivity contribution is 0.0806. The molecule has 0 bridgehead atoms. The van der Waals surface area contributed by atoms with E-state index in [9.17, 15) is 0 Å². The molecule has 0 amide bonds. The quantitative estimate of drug-likeness (QED) is 0.635. The van der Waals surface area contributed by atoms with Gasteiger partial charge in [0.25, 0.3) is 0 Å². The third-order valence-electron chi connectivity index (χ3n) is 3.09. The minimum atomic E-state index is 0.283. The van der Waals surface area contributed by atoms with Gasteiger partial charge in [-0.3, -0.25) is 0 Å². The Morgan fingerprint density at radius 3 is 2.67 bits per heavy atom. The molecular formula is C16H26ClNO3. The standard InChI is InChI=1S/C16H26ClNO3/c1-4-18-13(2)14-6-7-16(15(17)12-14)21-11-10-20-9-5-8-19-3/h6-7,12-13,18H,4-5,8-11H2,1-3H3. The molecule has 1 aromatic rings. The van der Waals surface area contributed by atoms with Crippen LogP contribution < -0.4 is 10.1 Å². The van der Waals surface area contributed by atoms with Crippen LogP contribution in [0.4, 0.5) is 0 Å². The van der Waals surface area contributed by atoms with E-state index in [0.29, 0.717) is 30.6 Å². The summed E-state index contributed by atoms with van der Waals surface area (Å²) in [4.78, 5) is 0. The smallest absolute Gasteiger partial charge is 0.138 e. The van der Waals surface area contributed by atoms with Crippen molar-refractivity contribution in [2.75, 3.05) is 40.1 Å². The van der Waals surface area contributed by atoms with Gasteiger partial charge in [-0.2, -0.15) is 0 Å². The fraction of sp³-hybridized carbons (Fsp3) is 0.625. The molecule has 1 rings (SSSR count). The summed E-state index contributed by atoms with van der Waals surface area (Å²) in [5.74, 6) is 0.699. The highest BCUT2D eigenvalue weighted by atomic mass is 35.5. The normalized spacial score (nSPS) is 12.4. The number of ether oxygens (including phenoxy) is 3. The first-order chi connectivity index (χ1) is 10.2. The molecule has 0 aliphatic heterocycles. The summed E-state index contributed by atoms with van der Waals surface area (Å²) in [6.45, 7) is 7.58. The van der Waals surface area contributed by atoms with E-state index in [1.807, 2.05) is 18.2 Å². The van der Waals surface area contributed by atoms with Gasteiger partial charge in [-0.15, -0.1) is 0 Å². The van der Waals surface area contributed by atoms with E-state index >= 15 is 0 Å². The molecule has 120 valence electrons. The van der Waals surface area contributed by atoms with Gasteiger partial charge in [0.2, 0.25) is 0 Å². The average Bonchev–Trinajstić information content (AvgIpc) is 2.48. The Bertz CT molecular complexity index is 401. The van der Waals surface area contributed by atoms with Crippen LogP contribution in [-0.4, -0.2) is 40.1 Å². The maximum Gasteiger partial charge on any atom is 0.138 e. The summed E-state index contributed by atoms with van der Waals surface area (Å²) >= 11 is 6.24. The summed E-state index contributed by atoms with van der Waals surface area (Å²) < 4.78 is 16.0. The number of hydrogen-bond donors (Lipinski definition) is 1. The van der Waals surface area contributed by atoms with Gasteiger partial charge in [-0.25, -0.2) is 0 Å². The van der Waals surface area contributed by atoms with Gasteiger partial charge in [-0.05, 0) is 37.6 Å². The van der Waals surface area contributed by atoms with Crippen molar-refractivity contribution < 1.29 is 14.2 Å². The van der Waals surface area contributed by atoms with Crippen LogP contribution in [-0.2, 0) is 9.47 Å². The lowest BCUT2D eigenvalue weighted by atomic mass is 10.1. The van der Waals surface area contributed by atoms with E-state index in [2.05, 4.69) is 19.2 Å². The van der Waals surface area contributed by atoms with Crippen LogP contribution in [0, 0.1) is 0 Å². The second-order valence-electron chi connectivity index (χ2n) is 4.78. The molecule has 21 heavy (non-hydrogen) atoms. The maximum absolute atomic E-state index is 6.24. The lowest BCUT2D eigenvalue weighted by Gasteiger charge is -2.15. The van der Waals surface area contributed by atoms with Gasteiger partial charge in [0.1, 0.15) is 12.4 Å². The van der Waals surface area contributed by atoms with E-state index in [1.165, 1.54) is 0 Å². The number of hydrogen-bond acceptors (Lipinski definition) is 4. The van der Waals surface area contributed by atoms with Crippen molar-refractivity contribution in [3.8, 4) is 5.75 Å². The van der Waals surface area contributed by atoms with Crippen LogP contribution in [0.1, 0.15) is 31.9 Å². The predicted octanol–water partition coefficient (Wildman–Crippen LogP) is 3.44. The van der Waals surface area contributed by atoms with Crippen molar-refractivity contribution in [2.45, 2.75) is 26.3 Å². The fourth-order valence-corrected chi connectivity index (χ4v) is 2.19. The second-order valence-corrected chi connectivity index (χ2v) is 5.18. The lowest BCUT2D eigenvalue weighted by Crippen LogP contribution is -2.17. The van der Waals surface area contributed by atoms with Crippen molar-refractivity contribution in [1.82, 2.24) is 5.32 Å². The third-order valence-corrected chi connectivity index (χ3v) is 3.38. The molecular weight excluding hydrogens is 290 g/mol. The SMILES string of the molecule is CCNC(C)c1ccc(OCCOCCCOC)c(Cl)c1. The molecule has 1 N–H and O–H groups in total. The zero-order valence-corrected chi connectivity index (χ0v) is 13.9. The van der Waals surface area contributed by atoms with Crippen LogP contribution in [0.25, 0.3) is 0 Å². The Kier molecular flexibility index (Phi) is 9.42. The zero-order valence-electron chi connectivity index (χ0n) is 13.2. The number of benzene rings is 1. The van der Waals surface area contributed by atoms with Gasteiger partial charge in [0.05, 0.1) is 11.6 Å². The van der Waals surface area contributed by atoms with E-state index in [4.69, 9.17) is 25.8 Å². The highest BCUT2D eigenvalue weighted by molar-refractivity contribution is 6.32. The van der Waals surface area contributed by atoms with Gasteiger partial charge >= 0.3 is 0 Å². The number of halogens is 1. The van der Waals surface area contributed by atoms with Crippen LogP contribution in [0.5, 0.6) is 5.75 Å². The molecule has 1 atom stereocenters. The average molecular weight is 316 g/mol. The Labute approximate surface area is 132 Å². The van der Waals surface area contributed by atoms with Crippen molar-refractivity contribution in [3.05, 3.63) is 28.8 Å². The number of nitrogens with one attached hydrogen (secondary N) is 1. The van der Waals surface area contributed by atoms with Gasteiger partial charge in [0.15, 0.2) is 0 Å². The zero-order chi connectivity index (χ0) is 15.5. The molecule has 0 saturated carbocycles. The topological polar surface area (TPSA) is 39.7 Å². The molecule has 0 fully saturated rings. The highest BCUT2D eigenvalue weighted by Gasteiger charge is 2.08. The number of rotatable bonds is 11. The first kappa shape index (κ1) is 18.2. The van der Waals surface area contributed by atoms with Crippen LogP contribution in [0.15, 0.2) is 18.2 Å². The first-order valence-electron chi connectivity index (χ1n) is 7.41. The molecule has 0 heterocycles. The fourth-order valence-electron chi connectivity index (χ4n) is 1.95. The van der Waals surface area contributed by atoms with Gasteiger partial charge in [0, 0.05) is 26.4 Å². The minimum absolute atomic E-state index is 0.283. The summed E-state index contributed by atoms with van der Waals surface area (Å²) in [7, 11) is 1.69. The minimum Gasteiger partial charge on any atom is -0.490 e. The molecule has 1 unspecified atom stereocenters. The van der Waals surface area contributed by atoms with E-state index in [-0.39, 0.29) is 6.04 Å². The van der Waals surface area contributed by atoms with Crippen molar-refractivity contribution >= 4 is 11.6 Å². The number of methoxy groups -OCH3 is 1. The molecule has 0 spiro atoms. The Morgan fingerprint density at radius 1 is 1.19 bits per heavy atom. The second kappa shape index (κ2) is 10.9. The molecule has 0 saturated heterocycles. The molecule has 0 aromatic heterocycles. The van der Waals surface area contributed by atoms with E-state index < -0.39 is 0 Å².